The molecule has 1 spiro atoms. The van der Waals surface area contributed by atoms with Gasteiger partial charge in [0.15, 0.2) is 0 Å². The van der Waals surface area contributed by atoms with Crippen LogP contribution >= 0.6 is 11.6 Å². The summed E-state index contributed by atoms with van der Waals surface area (Å²) in [4.78, 5) is 28.2. The number of anilines is 2. The summed E-state index contributed by atoms with van der Waals surface area (Å²) < 4.78 is 0. The Balaban J connectivity index is 1.84. The number of hydrogen-bond acceptors (Lipinski definition) is 2. The summed E-state index contributed by atoms with van der Waals surface area (Å²) in [5, 5.41) is 3.65. The van der Waals surface area contributed by atoms with E-state index >= 15 is 0 Å². The number of carbonyl (C=O) groups excluding carboxylic acids is 2. The predicted molar refractivity (Wildman–Crippen MR) is 113 cm³/mol. The molecule has 0 saturated carbocycles. The molecule has 2 heterocycles. The van der Waals surface area contributed by atoms with Gasteiger partial charge in [-0.3, -0.25) is 9.59 Å². The van der Waals surface area contributed by atoms with E-state index in [4.69, 9.17) is 11.6 Å². The number of fused-ring (bicyclic) bond motifs is 2. The fraction of sp³-hybridized carbons (Fsp3) is 0.391. The van der Waals surface area contributed by atoms with Crippen molar-refractivity contribution in [1.29, 1.82) is 0 Å². The Morgan fingerprint density at radius 3 is 2.61 bits per heavy atom. The molecule has 1 saturated heterocycles. The average Bonchev–Trinajstić information content (AvgIpc) is 2.89. The van der Waals surface area contributed by atoms with Gasteiger partial charge in [0.2, 0.25) is 11.8 Å². The number of halogens is 1. The van der Waals surface area contributed by atoms with E-state index in [0.717, 1.165) is 23.4 Å². The average molecular weight is 397 g/mol. The number of para-hydroxylation sites is 1. The normalized spacial score (nSPS) is 24.4. The third-order valence-corrected chi connectivity index (χ3v) is 6.10. The smallest absolute Gasteiger partial charge is 0.237 e. The molecule has 28 heavy (non-hydrogen) atoms. The van der Waals surface area contributed by atoms with E-state index < -0.39 is 5.41 Å². The van der Waals surface area contributed by atoms with E-state index in [2.05, 4.69) is 26.1 Å². The first kappa shape index (κ1) is 19.0. The Kier molecular flexibility index (Phi) is 4.50. The molecule has 4 rings (SSSR count). The highest BCUT2D eigenvalue weighted by atomic mass is 35.5. The third kappa shape index (κ3) is 3.10. The number of hydrogen-bond donors (Lipinski definition) is 1. The Hall–Kier alpha value is -2.33. The number of carbonyl (C=O) groups is 2. The van der Waals surface area contributed by atoms with Gasteiger partial charge in [-0.25, -0.2) is 0 Å². The van der Waals surface area contributed by atoms with E-state index in [9.17, 15) is 9.59 Å². The molecule has 1 fully saturated rings. The summed E-state index contributed by atoms with van der Waals surface area (Å²) in [5.74, 6) is -0.0270. The molecule has 2 amide bonds. The Morgan fingerprint density at radius 1 is 1.14 bits per heavy atom. The van der Waals surface area contributed by atoms with Crippen LogP contribution in [-0.4, -0.2) is 18.4 Å². The van der Waals surface area contributed by atoms with Crippen LogP contribution in [0.15, 0.2) is 48.5 Å². The van der Waals surface area contributed by atoms with Crippen molar-refractivity contribution in [2.24, 2.45) is 11.3 Å². The van der Waals surface area contributed by atoms with Gasteiger partial charge in [-0.15, -0.1) is 0 Å². The highest BCUT2D eigenvalue weighted by Crippen LogP contribution is 2.51. The summed E-state index contributed by atoms with van der Waals surface area (Å²) in [6.07, 6.45) is 1.13. The zero-order valence-electron chi connectivity index (χ0n) is 16.5. The van der Waals surface area contributed by atoms with E-state index in [1.807, 2.05) is 36.4 Å². The monoisotopic (exact) mass is 396 g/mol. The molecule has 1 N–H and O–H groups in total. The quantitative estimate of drug-likeness (QED) is 0.774. The molecule has 0 aromatic heterocycles. The zero-order chi connectivity index (χ0) is 20.1. The van der Waals surface area contributed by atoms with Crippen LogP contribution in [0, 0.1) is 11.3 Å². The minimum Gasteiger partial charge on any atom is -0.325 e. The first-order valence-corrected chi connectivity index (χ1v) is 10.1. The van der Waals surface area contributed by atoms with E-state index in [1.165, 1.54) is 0 Å². The predicted octanol–water partition coefficient (Wildman–Crippen LogP) is 5.02. The highest BCUT2D eigenvalue weighted by molar-refractivity contribution is 6.31. The second-order valence-electron chi connectivity index (χ2n) is 9.10. The number of nitrogens with zero attached hydrogens (tertiary/aromatic N) is 1. The lowest BCUT2D eigenvalue weighted by atomic mass is 9.62. The molecular formula is C23H25ClN2O2. The maximum Gasteiger partial charge on any atom is 0.237 e. The number of amides is 2. The minimum absolute atomic E-state index is 0.00792. The van der Waals surface area contributed by atoms with Gasteiger partial charge >= 0.3 is 0 Å². The van der Waals surface area contributed by atoms with E-state index in [-0.39, 0.29) is 23.1 Å². The molecular weight excluding hydrogens is 372 g/mol. The van der Waals surface area contributed by atoms with Crippen LogP contribution in [0.3, 0.4) is 0 Å². The Morgan fingerprint density at radius 2 is 1.89 bits per heavy atom. The summed E-state index contributed by atoms with van der Waals surface area (Å²) >= 11 is 6.17. The van der Waals surface area contributed by atoms with Crippen LogP contribution in [0.4, 0.5) is 11.4 Å². The van der Waals surface area contributed by atoms with Crippen LogP contribution in [0.25, 0.3) is 0 Å². The van der Waals surface area contributed by atoms with Crippen molar-refractivity contribution in [1.82, 2.24) is 0 Å². The van der Waals surface area contributed by atoms with Gasteiger partial charge in [-0.2, -0.15) is 0 Å². The fourth-order valence-corrected chi connectivity index (χ4v) is 4.91. The standard InChI is InChI=1S/C23H25ClN2O2/c1-22(2,3)13-15-11-20(27)26(17-8-6-7-16(24)12-17)14-23(15)18-9-4-5-10-19(18)25-21(23)28/h4-10,12,15H,11,13-14H2,1-3H3,(H,25,28). The number of piperidine rings is 1. The molecule has 0 aliphatic carbocycles. The molecule has 2 aliphatic heterocycles. The van der Waals surface area contributed by atoms with Crippen molar-refractivity contribution in [3.05, 3.63) is 59.1 Å². The Labute approximate surface area is 170 Å². The van der Waals surface area contributed by atoms with Gasteiger partial charge in [0.25, 0.3) is 0 Å². The van der Waals surface area contributed by atoms with Crippen molar-refractivity contribution < 1.29 is 9.59 Å². The van der Waals surface area contributed by atoms with Gasteiger partial charge in [-0.05, 0) is 47.6 Å². The number of nitrogens with one attached hydrogen (secondary N) is 1. The SMILES string of the molecule is CC(C)(C)CC1CC(=O)N(c2cccc(Cl)c2)CC12C(=O)Nc1ccccc12. The van der Waals surface area contributed by atoms with E-state index in [1.54, 1.807) is 17.0 Å². The summed E-state index contributed by atoms with van der Waals surface area (Å²) in [6.45, 7) is 6.81. The molecule has 2 aromatic carbocycles. The summed E-state index contributed by atoms with van der Waals surface area (Å²) in [7, 11) is 0. The lowest BCUT2D eigenvalue weighted by molar-refractivity contribution is -0.128. The van der Waals surface area contributed by atoms with Crippen molar-refractivity contribution in [3.8, 4) is 0 Å². The van der Waals surface area contributed by atoms with Crippen molar-refractivity contribution in [3.63, 3.8) is 0 Å². The van der Waals surface area contributed by atoms with Gasteiger partial charge in [0.1, 0.15) is 0 Å². The molecule has 2 aromatic rings. The number of benzene rings is 2. The highest BCUT2D eigenvalue weighted by Gasteiger charge is 2.57. The first-order chi connectivity index (χ1) is 13.2. The van der Waals surface area contributed by atoms with Crippen molar-refractivity contribution in [2.45, 2.75) is 39.0 Å². The van der Waals surface area contributed by atoms with Crippen molar-refractivity contribution in [2.75, 3.05) is 16.8 Å². The Bertz CT molecular complexity index is 950. The molecule has 2 unspecified atom stereocenters. The molecule has 5 heteroatoms. The van der Waals surface area contributed by atoms with Crippen LogP contribution < -0.4 is 10.2 Å². The molecule has 146 valence electrons. The second kappa shape index (κ2) is 6.63. The zero-order valence-corrected chi connectivity index (χ0v) is 17.2. The summed E-state index contributed by atoms with van der Waals surface area (Å²) in [6, 6.07) is 15.1. The second-order valence-corrected chi connectivity index (χ2v) is 9.53. The van der Waals surface area contributed by atoms with Crippen LogP contribution in [0.5, 0.6) is 0 Å². The topological polar surface area (TPSA) is 49.4 Å². The fourth-order valence-electron chi connectivity index (χ4n) is 4.73. The minimum atomic E-state index is -0.750. The first-order valence-electron chi connectivity index (χ1n) is 9.68. The van der Waals surface area contributed by atoms with Gasteiger partial charge in [0.05, 0.1) is 5.41 Å². The van der Waals surface area contributed by atoms with Gasteiger partial charge < -0.3 is 10.2 Å². The number of rotatable bonds is 2. The molecule has 0 radical (unpaired) electrons. The maximum atomic E-state index is 13.4. The van der Waals surface area contributed by atoms with Gasteiger partial charge in [0, 0.05) is 29.4 Å². The van der Waals surface area contributed by atoms with Crippen LogP contribution in [0.1, 0.15) is 39.2 Å². The van der Waals surface area contributed by atoms with Gasteiger partial charge in [-0.1, -0.05) is 56.6 Å². The molecule has 4 nitrogen and oxygen atoms in total. The molecule has 0 bridgehead atoms. The third-order valence-electron chi connectivity index (χ3n) is 5.87. The van der Waals surface area contributed by atoms with Crippen molar-refractivity contribution >= 4 is 34.8 Å². The molecule has 2 aliphatic rings. The molecule has 2 atom stereocenters. The lowest BCUT2D eigenvalue weighted by Gasteiger charge is -2.46. The van der Waals surface area contributed by atoms with E-state index in [0.29, 0.717) is 18.0 Å². The largest absolute Gasteiger partial charge is 0.325 e. The lowest BCUT2D eigenvalue weighted by Crippen LogP contribution is -2.58. The van der Waals surface area contributed by atoms with Crippen LogP contribution in [-0.2, 0) is 15.0 Å². The summed E-state index contributed by atoms with van der Waals surface area (Å²) in [5.41, 5.74) is 1.84. The maximum absolute atomic E-state index is 13.4. The van der Waals surface area contributed by atoms with Crippen LogP contribution in [0.2, 0.25) is 5.02 Å².